The zero-order chi connectivity index (χ0) is 38.7. The van der Waals surface area contributed by atoms with E-state index in [9.17, 15) is 33.8 Å². The van der Waals surface area contributed by atoms with Gasteiger partial charge in [0.2, 0.25) is 5.43 Å². The summed E-state index contributed by atoms with van der Waals surface area (Å²) in [5.74, 6) is -2.45. The molecule has 3 atom stereocenters. The van der Waals surface area contributed by atoms with Gasteiger partial charge < -0.3 is 29.2 Å². The summed E-state index contributed by atoms with van der Waals surface area (Å²) < 4.78 is 45.2. The number of carbonyl (C=O) groups excluding carboxylic acids is 1. The molecule has 2 aromatic heterocycles. The number of aliphatic hydroxyl groups excluding tert-OH is 1. The first-order valence-corrected chi connectivity index (χ1v) is 18.8. The summed E-state index contributed by atoms with van der Waals surface area (Å²) in [6.45, 7) is 3.14. The predicted molar refractivity (Wildman–Crippen MR) is 200 cm³/mol. The molecule has 3 aliphatic heterocycles. The average Bonchev–Trinajstić information content (AvgIpc) is 3.85. The quantitative estimate of drug-likeness (QED) is 0.242. The molecule has 0 bridgehead atoms. The summed E-state index contributed by atoms with van der Waals surface area (Å²) in [5.41, 5.74) is -1.04. The Hall–Kier alpha value is -5.17. The molecule has 1 aliphatic carbocycles. The number of aromatic nitrogens is 3. The second-order valence-electron chi connectivity index (χ2n) is 14.0. The van der Waals surface area contributed by atoms with Crippen LogP contribution in [0.1, 0.15) is 41.7 Å². The zero-order valence-corrected chi connectivity index (χ0v) is 30.7. The highest BCUT2D eigenvalue weighted by Gasteiger charge is 2.39. The molecule has 0 spiro atoms. The lowest BCUT2D eigenvalue weighted by molar-refractivity contribution is -0.112. The number of aliphatic imine (C=N–C) groups is 1. The van der Waals surface area contributed by atoms with Crippen molar-refractivity contribution in [2.24, 2.45) is 4.99 Å². The van der Waals surface area contributed by atoms with Crippen LogP contribution >= 0.6 is 11.8 Å². The van der Waals surface area contributed by atoms with Crippen molar-refractivity contribution in [3.05, 3.63) is 86.2 Å². The van der Waals surface area contributed by atoms with Crippen LogP contribution in [0.25, 0.3) is 10.9 Å². The maximum absolute atomic E-state index is 16.0. The number of hydrogen-bond acceptors (Lipinski definition) is 12. The minimum Gasteiger partial charge on any atom is -0.492 e. The fourth-order valence-electron chi connectivity index (χ4n) is 7.50. The van der Waals surface area contributed by atoms with Crippen LogP contribution in [0.4, 0.5) is 26.0 Å². The van der Waals surface area contributed by atoms with E-state index in [0.717, 1.165) is 18.9 Å². The molecule has 1 saturated carbocycles. The third-order valence-corrected chi connectivity index (χ3v) is 11.6. The number of anilines is 2. The summed E-state index contributed by atoms with van der Waals surface area (Å²) in [5, 5.41) is 18.9. The lowest BCUT2D eigenvalue weighted by Gasteiger charge is -2.42. The van der Waals surface area contributed by atoms with E-state index in [2.05, 4.69) is 9.98 Å². The van der Waals surface area contributed by atoms with Crippen molar-refractivity contribution in [1.82, 2.24) is 19.0 Å². The van der Waals surface area contributed by atoms with Crippen molar-refractivity contribution in [2.75, 3.05) is 55.6 Å². The van der Waals surface area contributed by atoms with Gasteiger partial charge >= 0.3 is 11.7 Å². The monoisotopic (exact) mass is 777 g/mol. The van der Waals surface area contributed by atoms with E-state index >= 15 is 4.39 Å². The number of thioether (sulfide) groups is 1. The first-order chi connectivity index (χ1) is 26.4. The van der Waals surface area contributed by atoms with E-state index in [4.69, 9.17) is 9.47 Å². The van der Waals surface area contributed by atoms with Crippen LogP contribution in [0.3, 0.4) is 0 Å². The summed E-state index contributed by atoms with van der Waals surface area (Å²) in [4.78, 5) is 65.7. The van der Waals surface area contributed by atoms with Gasteiger partial charge in [0.25, 0.3) is 5.91 Å². The zero-order valence-electron chi connectivity index (χ0n) is 29.9. The number of methoxy groups -OCH3 is 1. The Morgan fingerprint density at radius 2 is 1.95 bits per heavy atom. The topological polar surface area (TPSA) is 172 Å². The highest BCUT2D eigenvalue weighted by molar-refractivity contribution is 8.00. The number of aromatic carboxylic acids is 1. The number of aliphatic hydroxyl groups is 1. The van der Waals surface area contributed by atoms with Crippen molar-refractivity contribution < 1.29 is 38.1 Å². The molecule has 55 heavy (non-hydrogen) atoms. The summed E-state index contributed by atoms with van der Waals surface area (Å²) in [6, 6.07) is 6.27. The van der Waals surface area contributed by atoms with Crippen LogP contribution in [0.5, 0.6) is 5.75 Å². The molecule has 2 aromatic carbocycles. The normalized spacial score (nSPS) is 22.2. The number of ether oxygens (including phenoxy) is 2. The molecular weight excluding hydrogens is 741 g/mol. The summed E-state index contributed by atoms with van der Waals surface area (Å²) >= 11 is 1.46. The first-order valence-electron chi connectivity index (χ1n) is 17.8. The summed E-state index contributed by atoms with van der Waals surface area (Å²) in [7, 11) is 1.39. The van der Waals surface area contributed by atoms with E-state index in [-0.39, 0.29) is 77.4 Å². The van der Waals surface area contributed by atoms with Crippen LogP contribution in [0, 0.1) is 11.6 Å². The lowest BCUT2D eigenvalue weighted by atomic mass is 10.1. The van der Waals surface area contributed by atoms with Gasteiger partial charge in [-0.25, -0.2) is 23.4 Å². The van der Waals surface area contributed by atoms with E-state index < -0.39 is 40.2 Å². The third-order valence-electron chi connectivity index (χ3n) is 10.4. The fraction of sp³-hybridized carbons (Fsp3) is 0.405. The van der Waals surface area contributed by atoms with Gasteiger partial charge in [-0.15, -0.1) is 11.8 Å². The van der Waals surface area contributed by atoms with Crippen molar-refractivity contribution in [3.63, 3.8) is 0 Å². The van der Waals surface area contributed by atoms with Gasteiger partial charge in [-0.1, -0.05) is 0 Å². The van der Waals surface area contributed by atoms with Gasteiger partial charge in [0.1, 0.15) is 28.2 Å². The van der Waals surface area contributed by atoms with Crippen molar-refractivity contribution in [1.29, 1.82) is 0 Å². The standard InChI is InChI=1S/C37H37F2N7O8S/c1-19-13-42(32-26(39)12-24-31(34(32)53-2)45(21-4-5-21)15-25(33(24)48)36(50)51)9-10-44(19)18-46-27-6-3-20(38)11-23(27)30(35(46)49)40-28-7-8-43(37(52)41-28)14-22-17-55-29(16-47)54-22/h3,6-8,11-12,15,19,21-22,29,47H,4-5,9-10,13-14,16-18H2,1-2H3,(H,50,51). The van der Waals surface area contributed by atoms with E-state index in [0.29, 0.717) is 36.6 Å². The second kappa shape index (κ2) is 14.5. The SMILES string of the molecule is COc1c(N2CCN(CN3C(=O)C(=Nc4ccn(CC5CSC(CO)O5)c(=O)n4)c4cc(F)ccc43)C(C)C2)c(F)cc2c(=O)c(C(=O)O)cn(C3CC3)c12. The highest BCUT2D eigenvalue weighted by atomic mass is 32.2. The average molecular weight is 778 g/mol. The number of amides is 1. The van der Waals surface area contributed by atoms with Crippen LogP contribution in [-0.2, 0) is 16.1 Å². The van der Waals surface area contributed by atoms with Crippen LogP contribution in [0.15, 0.2) is 57.3 Å². The van der Waals surface area contributed by atoms with Crippen LogP contribution in [-0.4, -0.2) is 110 Å². The molecule has 3 fully saturated rings. The van der Waals surface area contributed by atoms with E-state index in [1.165, 1.54) is 65.0 Å². The maximum atomic E-state index is 16.0. The molecule has 5 heterocycles. The molecule has 4 aromatic rings. The molecule has 288 valence electrons. The van der Waals surface area contributed by atoms with Gasteiger partial charge in [0.15, 0.2) is 17.4 Å². The number of rotatable bonds is 10. The van der Waals surface area contributed by atoms with Crippen molar-refractivity contribution >= 4 is 57.4 Å². The van der Waals surface area contributed by atoms with Crippen molar-refractivity contribution in [2.45, 2.75) is 49.9 Å². The number of nitrogens with zero attached hydrogens (tertiary/aromatic N) is 7. The minimum atomic E-state index is -1.39. The Morgan fingerprint density at radius 3 is 2.62 bits per heavy atom. The van der Waals surface area contributed by atoms with Crippen molar-refractivity contribution in [3.8, 4) is 5.75 Å². The molecule has 8 rings (SSSR count). The van der Waals surface area contributed by atoms with Crippen LogP contribution < -0.4 is 25.7 Å². The van der Waals surface area contributed by atoms with Gasteiger partial charge in [0.05, 0.1) is 49.6 Å². The molecule has 2 N–H and O–H groups in total. The molecule has 18 heteroatoms. The number of halogens is 2. The smallest absolute Gasteiger partial charge is 0.349 e. The fourth-order valence-corrected chi connectivity index (χ4v) is 8.46. The first kappa shape index (κ1) is 36.8. The molecular formula is C37H37F2N7O8S. The molecule has 0 radical (unpaired) electrons. The molecule has 2 saturated heterocycles. The Bertz CT molecular complexity index is 2380. The van der Waals surface area contributed by atoms with Gasteiger partial charge in [-0.05, 0) is 50.1 Å². The number of carboxylic acids is 1. The lowest BCUT2D eigenvalue weighted by Crippen LogP contribution is -2.55. The molecule has 1 amide bonds. The number of fused-ring (bicyclic) bond motifs is 2. The number of hydrogen-bond donors (Lipinski definition) is 2. The maximum Gasteiger partial charge on any atom is 0.349 e. The molecule has 15 nitrogen and oxygen atoms in total. The Kier molecular flexibility index (Phi) is 9.69. The molecule has 4 aliphatic rings. The second-order valence-corrected chi connectivity index (χ2v) is 15.2. The molecule has 3 unspecified atom stereocenters. The number of carboxylic acid groups (broad SMARTS) is 1. The Morgan fingerprint density at radius 1 is 1.15 bits per heavy atom. The number of pyridine rings is 1. The van der Waals surface area contributed by atoms with Gasteiger partial charge in [0, 0.05) is 55.4 Å². The van der Waals surface area contributed by atoms with E-state index in [1.54, 1.807) is 4.57 Å². The number of benzene rings is 2. The Labute approximate surface area is 316 Å². The van der Waals surface area contributed by atoms with E-state index in [1.807, 2.05) is 16.7 Å². The van der Waals surface area contributed by atoms with Crippen LogP contribution in [0.2, 0.25) is 0 Å². The largest absolute Gasteiger partial charge is 0.492 e. The minimum absolute atomic E-state index is 0.0174. The Balaban J connectivity index is 1.03. The van der Waals surface area contributed by atoms with Gasteiger partial charge in [-0.3, -0.25) is 24.0 Å². The van der Waals surface area contributed by atoms with Gasteiger partial charge in [-0.2, -0.15) is 4.98 Å². The number of carbonyl (C=O) groups is 2. The summed E-state index contributed by atoms with van der Waals surface area (Å²) in [6.07, 6.45) is 4.10. The third kappa shape index (κ3) is 6.76. The number of piperazine rings is 1. The predicted octanol–water partition coefficient (Wildman–Crippen LogP) is 2.96. The highest BCUT2D eigenvalue weighted by Crippen LogP contribution is 2.44.